The zero-order chi connectivity index (χ0) is 28.2. The minimum Gasteiger partial charge on any atom is -0.308 e. The fourth-order valence-electron chi connectivity index (χ4n) is 5.80. The molecule has 1 aliphatic rings. The highest BCUT2D eigenvalue weighted by Crippen LogP contribution is 2.40. The molecule has 7 aromatic rings. The van der Waals surface area contributed by atoms with E-state index in [2.05, 4.69) is 36.6 Å². The van der Waals surface area contributed by atoms with E-state index in [1.807, 2.05) is 54.6 Å². The van der Waals surface area contributed by atoms with Crippen LogP contribution in [0, 0.1) is 0 Å². The molecule has 1 aliphatic heterocycles. The summed E-state index contributed by atoms with van der Waals surface area (Å²) in [6.07, 6.45) is 10.2. The van der Waals surface area contributed by atoms with E-state index in [9.17, 15) is 9.59 Å². The van der Waals surface area contributed by atoms with Gasteiger partial charge in [-0.2, -0.15) is 0 Å². The number of amides is 2. The maximum atomic E-state index is 13.9. The van der Waals surface area contributed by atoms with Gasteiger partial charge in [-0.1, -0.05) is 36.4 Å². The maximum absolute atomic E-state index is 13.9. The maximum Gasteiger partial charge on any atom is 0.268 e. The van der Waals surface area contributed by atoms with Gasteiger partial charge < -0.3 is 4.57 Å². The van der Waals surface area contributed by atoms with Gasteiger partial charge in [-0.05, 0) is 59.7 Å². The molecule has 8 heteroatoms. The minimum absolute atomic E-state index is 0.332. The Balaban J connectivity index is 1.40. The third kappa shape index (κ3) is 3.55. The highest BCUT2D eigenvalue weighted by atomic mass is 16.2. The van der Waals surface area contributed by atoms with Crippen molar-refractivity contribution < 1.29 is 9.59 Å². The fraction of sp³-hybridized carbons (Fsp3) is 0. The predicted molar refractivity (Wildman–Crippen MR) is 160 cm³/mol. The van der Waals surface area contributed by atoms with Crippen LogP contribution >= 0.6 is 0 Å². The van der Waals surface area contributed by atoms with E-state index in [4.69, 9.17) is 0 Å². The van der Waals surface area contributed by atoms with Crippen LogP contribution in [0.15, 0.2) is 122 Å². The van der Waals surface area contributed by atoms with Gasteiger partial charge in [0, 0.05) is 46.7 Å². The van der Waals surface area contributed by atoms with Crippen LogP contribution in [0.5, 0.6) is 0 Å². The summed E-state index contributed by atoms with van der Waals surface area (Å²) in [4.78, 5) is 45.5. The number of anilines is 1. The summed E-state index contributed by atoms with van der Waals surface area (Å²) in [5.74, 6) is -0.676. The number of imide groups is 1. The molecular formula is C34H20N6O2. The van der Waals surface area contributed by atoms with Crippen LogP contribution in [-0.2, 0) is 0 Å². The number of rotatable bonds is 4. The van der Waals surface area contributed by atoms with Gasteiger partial charge in [0.2, 0.25) is 0 Å². The Labute approximate surface area is 239 Å². The molecular weight excluding hydrogens is 524 g/mol. The molecule has 0 saturated heterocycles. The Kier molecular flexibility index (Phi) is 5.26. The zero-order valence-corrected chi connectivity index (χ0v) is 22.0. The van der Waals surface area contributed by atoms with Crippen molar-refractivity contribution in [2.45, 2.75) is 0 Å². The van der Waals surface area contributed by atoms with Gasteiger partial charge in [0.1, 0.15) is 12.7 Å². The van der Waals surface area contributed by atoms with E-state index in [0.29, 0.717) is 22.5 Å². The van der Waals surface area contributed by atoms with Crippen molar-refractivity contribution in [1.29, 1.82) is 0 Å². The molecule has 42 heavy (non-hydrogen) atoms. The molecule has 0 spiro atoms. The van der Waals surface area contributed by atoms with Crippen LogP contribution in [0.25, 0.3) is 49.7 Å². The average molecular weight is 545 g/mol. The molecule has 2 amide bonds. The zero-order valence-electron chi connectivity index (χ0n) is 22.0. The molecule has 8 nitrogen and oxygen atoms in total. The second-order valence-corrected chi connectivity index (χ2v) is 10.0. The Morgan fingerprint density at radius 1 is 0.524 bits per heavy atom. The summed E-state index contributed by atoms with van der Waals surface area (Å²) >= 11 is 0. The molecule has 0 saturated carbocycles. The Morgan fingerprint density at radius 2 is 1.10 bits per heavy atom. The number of benzene rings is 4. The second kappa shape index (κ2) is 9.28. The van der Waals surface area contributed by atoms with Crippen molar-refractivity contribution in [3.63, 3.8) is 0 Å². The van der Waals surface area contributed by atoms with Crippen LogP contribution in [0.4, 0.5) is 5.69 Å². The summed E-state index contributed by atoms with van der Waals surface area (Å²) in [6.45, 7) is 0. The van der Waals surface area contributed by atoms with Gasteiger partial charge in [-0.3, -0.25) is 9.59 Å². The average Bonchev–Trinajstić information content (AvgIpc) is 3.52. The molecule has 4 heterocycles. The molecule has 0 aliphatic carbocycles. The lowest BCUT2D eigenvalue weighted by Crippen LogP contribution is -2.29. The predicted octanol–water partition coefficient (Wildman–Crippen LogP) is 6.50. The van der Waals surface area contributed by atoms with Crippen molar-refractivity contribution in [2.75, 3.05) is 4.90 Å². The van der Waals surface area contributed by atoms with Crippen molar-refractivity contribution in [3.05, 3.63) is 133 Å². The van der Waals surface area contributed by atoms with Crippen molar-refractivity contribution in [3.8, 4) is 27.9 Å². The number of hydrogen-bond donors (Lipinski definition) is 0. The molecule has 3 aromatic heterocycles. The van der Waals surface area contributed by atoms with Gasteiger partial charge in [0.25, 0.3) is 11.8 Å². The number of aromatic nitrogens is 5. The van der Waals surface area contributed by atoms with E-state index in [1.165, 1.54) is 17.6 Å². The lowest BCUT2D eigenvalue weighted by atomic mass is 10.0. The van der Waals surface area contributed by atoms with Crippen LogP contribution in [0.3, 0.4) is 0 Å². The monoisotopic (exact) mass is 544 g/mol. The Hall–Kier alpha value is -6.02. The van der Waals surface area contributed by atoms with E-state index in [-0.39, 0.29) is 11.8 Å². The number of para-hydroxylation sites is 1. The first-order chi connectivity index (χ1) is 20.7. The van der Waals surface area contributed by atoms with Gasteiger partial charge >= 0.3 is 0 Å². The molecule has 0 N–H and O–H groups in total. The lowest BCUT2D eigenvalue weighted by molar-refractivity contribution is 0.0926. The van der Waals surface area contributed by atoms with Gasteiger partial charge in [-0.25, -0.2) is 24.8 Å². The molecule has 0 radical (unpaired) electrons. The number of carbonyl (C=O) groups is 2. The third-order valence-electron chi connectivity index (χ3n) is 7.70. The summed E-state index contributed by atoms with van der Waals surface area (Å²) < 4.78 is 2.07. The van der Waals surface area contributed by atoms with Gasteiger partial charge in [0.15, 0.2) is 0 Å². The fourth-order valence-corrected chi connectivity index (χ4v) is 5.80. The summed E-state index contributed by atoms with van der Waals surface area (Å²) in [7, 11) is 0. The molecule has 0 bridgehead atoms. The largest absolute Gasteiger partial charge is 0.308 e. The molecule has 4 aromatic carbocycles. The van der Waals surface area contributed by atoms with Crippen LogP contribution in [-0.4, -0.2) is 36.3 Å². The first-order valence-electron chi connectivity index (χ1n) is 13.4. The number of carbonyl (C=O) groups excluding carboxylic acids is 2. The highest BCUT2D eigenvalue weighted by Gasteiger charge is 2.39. The van der Waals surface area contributed by atoms with Crippen LogP contribution in [0.2, 0.25) is 0 Å². The van der Waals surface area contributed by atoms with Crippen LogP contribution < -0.4 is 4.90 Å². The topological polar surface area (TPSA) is 93.9 Å². The molecule has 8 rings (SSSR count). The summed E-state index contributed by atoms with van der Waals surface area (Å²) in [5.41, 5.74) is 7.49. The molecule has 0 atom stereocenters. The number of fused-ring (bicyclic) bond motifs is 4. The molecule has 0 unspecified atom stereocenters. The number of nitrogens with zero attached hydrogens (tertiary/aromatic N) is 6. The van der Waals surface area contributed by atoms with Crippen molar-refractivity contribution in [1.82, 2.24) is 24.5 Å². The van der Waals surface area contributed by atoms with E-state index in [0.717, 1.165) is 44.1 Å². The van der Waals surface area contributed by atoms with E-state index >= 15 is 0 Å². The summed E-state index contributed by atoms with van der Waals surface area (Å²) in [6, 6.07) is 26.8. The summed E-state index contributed by atoms with van der Waals surface area (Å²) in [5, 5.41) is 1.97. The van der Waals surface area contributed by atoms with E-state index < -0.39 is 0 Å². The van der Waals surface area contributed by atoms with Crippen molar-refractivity contribution >= 4 is 39.3 Å². The van der Waals surface area contributed by atoms with Crippen molar-refractivity contribution in [2.24, 2.45) is 0 Å². The Bertz CT molecular complexity index is 2080. The lowest BCUT2D eigenvalue weighted by Gasteiger charge is -2.14. The Morgan fingerprint density at radius 3 is 1.67 bits per heavy atom. The molecule has 198 valence electrons. The smallest absolute Gasteiger partial charge is 0.268 e. The third-order valence-corrected chi connectivity index (χ3v) is 7.70. The SMILES string of the molecule is O=C1c2cccc(-n3c4ccc(-c5cncnc5)cc4c4cc(-c5cncnc5)ccc43)c2C(=O)N1c1ccccc1. The standard InChI is InChI=1S/C34H20N6O2/c41-33-26-7-4-8-31(32(26)34(42)39(33)25-5-2-1-3-6-25)40-29-11-9-21(23-15-35-19-36-16-23)13-27(29)28-14-22(10-12-30(28)40)24-17-37-20-38-18-24/h1-20H. The quantitative estimate of drug-likeness (QED) is 0.235. The highest BCUT2D eigenvalue weighted by molar-refractivity contribution is 6.35. The number of hydrogen-bond acceptors (Lipinski definition) is 6. The minimum atomic E-state index is -0.345. The van der Waals surface area contributed by atoms with Gasteiger partial charge in [-0.15, -0.1) is 0 Å². The normalized spacial score (nSPS) is 12.8. The van der Waals surface area contributed by atoms with Gasteiger partial charge in [0.05, 0.1) is 33.5 Å². The van der Waals surface area contributed by atoms with Crippen LogP contribution in [0.1, 0.15) is 20.7 Å². The van der Waals surface area contributed by atoms with E-state index in [1.54, 1.807) is 43.0 Å². The first kappa shape index (κ1) is 23.8. The second-order valence-electron chi connectivity index (χ2n) is 10.0. The molecule has 0 fully saturated rings. The first-order valence-corrected chi connectivity index (χ1v) is 13.4.